The molecular formula is C12H11N3O3S. The highest BCUT2D eigenvalue weighted by Gasteiger charge is 2.20. The summed E-state index contributed by atoms with van der Waals surface area (Å²) in [5, 5.41) is 21.7. The van der Waals surface area contributed by atoms with Crippen molar-refractivity contribution in [1.82, 2.24) is 9.38 Å². The summed E-state index contributed by atoms with van der Waals surface area (Å²) < 4.78 is 1.69. The average Bonchev–Trinajstić information content (AvgIpc) is 2.94. The number of aliphatic hydroxyl groups is 1. The molecule has 0 atom stereocenters. The lowest BCUT2D eigenvalue weighted by Gasteiger charge is -2.02. The van der Waals surface area contributed by atoms with E-state index in [2.05, 4.69) is 18.1 Å². The molecule has 0 saturated carbocycles. The first-order valence-electron chi connectivity index (χ1n) is 5.31. The van der Waals surface area contributed by atoms with Gasteiger partial charge in [0, 0.05) is 11.6 Å². The second-order valence-corrected chi connectivity index (χ2v) is 4.52. The number of imidazole rings is 1. The van der Waals surface area contributed by atoms with Crippen LogP contribution in [0.4, 0.5) is 0 Å². The van der Waals surface area contributed by atoms with Crippen LogP contribution < -0.4 is 0 Å². The number of aromatic nitrogens is 2. The molecule has 7 heteroatoms. The zero-order valence-electron chi connectivity index (χ0n) is 9.94. The minimum atomic E-state index is -0.539. The molecule has 98 valence electrons. The van der Waals surface area contributed by atoms with Crippen LogP contribution in [-0.4, -0.2) is 19.4 Å². The van der Waals surface area contributed by atoms with Crippen molar-refractivity contribution in [1.29, 1.82) is 0 Å². The van der Waals surface area contributed by atoms with Crippen LogP contribution in [-0.2, 0) is 6.61 Å². The van der Waals surface area contributed by atoms with Crippen LogP contribution in [0.3, 0.4) is 0 Å². The Morgan fingerprint density at radius 3 is 3.00 bits per heavy atom. The van der Waals surface area contributed by atoms with E-state index in [0.717, 1.165) is 0 Å². The third kappa shape index (κ3) is 2.33. The summed E-state index contributed by atoms with van der Waals surface area (Å²) in [6.07, 6.45) is 4.65. The number of nitro groups is 1. The van der Waals surface area contributed by atoms with Crippen molar-refractivity contribution in [2.45, 2.75) is 6.61 Å². The Labute approximate surface area is 112 Å². The molecule has 2 heterocycles. The fraction of sp³-hybridized carbons (Fsp3) is 0.0833. The summed E-state index contributed by atoms with van der Waals surface area (Å²) in [5.74, 6) is 0. The molecule has 0 spiro atoms. The Bertz CT molecular complexity index is 696. The lowest BCUT2D eigenvalue weighted by molar-refractivity contribution is -0.416. The lowest BCUT2D eigenvalue weighted by atomic mass is 10.1. The van der Waals surface area contributed by atoms with E-state index in [1.807, 2.05) is 0 Å². The van der Waals surface area contributed by atoms with Crippen LogP contribution in [0.2, 0.25) is 0 Å². The maximum absolute atomic E-state index is 10.9. The van der Waals surface area contributed by atoms with Crippen LogP contribution in [0.25, 0.3) is 10.5 Å². The van der Waals surface area contributed by atoms with E-state index in [-0.39, 0.29) is 12.3 Å². The molecule has 0 aliphatic carbocycles. The smallest absolute Gasteiger partial charge is 0.271 e. The van der Waals surface area contributed by atoms with Crippen LogP contribution in [0.1, 0.15) is 11.4 Å². The largest absolute Gasteiger partial charge is 0.390 e. The summed E-state index contributed by atoms with van der Waals surface area (Å²) in [6.45, 7) is 6.85. The Hall–Kier alpha value is -2.25. The van der Waals surface area contributed by atoms with Gasteiger partial charge >= 0.3 is 0 Å². The van der Waals surface area contributed by atoms with Gasteiger partial charge in [0.15, 0.2) is 4.96 Å². The molecule has 0 amide bonds. The Morgan fingerprint density at radius 1 is 1.68 bits per heavy atom. The van der Waals surface area contributed by atoms with Crippen molar-refractivity contribution in [3.05, 3.63) is 64.1 Å². The number of hydrogen-bond acceptors (Lipinski definition) is 5. The predicted molar refractivity (Wildman–Crippen MR) is 73.3 cm³/mol. The van der Waals surface area contributed by atoms with E-state index in [1.165, 1.54) is 23.5 Å². The first kappa shape index (κ1) is 13.2. The zero-order valence-corrected chi connectivity index (χ0v) is 10.8. The molecule has 0 saturated heterocycles. The minimum absolute atomic E-state index is 0.176. The zero-order chi connectivity index (χ0) is 14.0. The number of fused-ring (bicyclic) bond motifs is 1. The Balaban J connectivity index is 2.59. The first-order valence-corrected chi connectivity index (χ1v) is 6.19. The van der Waals surface area contributed by atoms with Crippen LogP contribution in [0.5, 0.6) is 0 Å². The third-order valence-electron chi connectivity index (χ3n) is 2.51. The fourth-order valence-corrected chi connectivity index (χ4v) is 2.54. The molecule has 2 aromatic heterocycles. The molecule has 19 heavy (non-hydrogen) atoms. The van der Waals surface area contributed by atoms with Gasteiger partial charge in [-0.05, 0) is 12.7 Å². The summed E-state index contributed by atoms with van der Waals surface area (Å²) >= 11 is 1.34. The number of allylic oxidation sites excluding steroid dienone is 3. The predicted octanol–water partition coefficient (Wildman–Crippen LogP) is 2.25. The van der Waals surface area contributed by atoms with Crippen molar-refractivity contribution in [3.63, 3.8) is 0 Å². The van der Waals surface area contributed by atoms with Crippen LogP contribution >= 0.6 is 11.3 Å². The highest BCUT2D eigenvalue weighted by Crippen LogP contribution is 2.27. The summed E-state index contributed by atoms with van der Waals surface area (Å²) in [7, 11) is 0. The van der Waals surface area contributed by atoms with Crippen molar-refractivity contribution in [3.8, 4) is 0 Å². The lowest BCUT2D eigenvalue weighted by Crippen LogP contribution is -2.01. The van der Waals surface area contributed by atoms with E-state index in [0.29, 0.717) is 21.9 Å². The second kappa shape index (κ2) is 5.17. The minimum Gasteiger partial charge on any atom is -0.390 e. The van der Waals surface area contributed by atoms with Gasteiger partial charge in [0.1, 0.15) is 0 Å². The van der Waals surface area contributed by atoms with Crippen LogP contribution in [0.15, 0.2) is 42.6 Å². The second-order valence-electron chi connectivity index (χ2n) is 3.68. The Morgan fingerprint density at radius 2 is 2.42 bits per heavy atom. The van der Waals surface area contributed by atoms with E-state index in [4.69, 9.17) is 5.11 Å². The highest BCUT2D eigenvalue weighted by molar-refractivity contribution is 7.15. The molecule has 0 bridgehead atoms. The van der Waals surface area contributed by atoms with Crippen molar-refractivity contribution >= 4 is 21.9 Å². The third-order valence-corrected chi connectivity index (χ3v) is 3.35. The van der Waals surface area contributed by atoms with Gasteiger partial charge in [0.2, 0.25) is 0 Å². The van der Waals surface area contributed by atoms with E-state index >= 15 is 0 Å². The molecule has 0 unspecified atom stereocenters. The quantitative estimate of drug-likeness (QED) is 0.516. The van der Waals surface area contributed by atoms with Crippen molar-refractivity contribution < 1.29 is 10.0 Å². The average molecular weight is 277 g/mol. The summed E-state index contributed by atoms with van der Waals surface area (Å²) in [6, 6.07) is 0. The number of aliphatic hydroxyl groups excluding tert-OH is 1. The van der Waals surface area contributed by atoms with Crippen molar-refractivity contribution in [2.75, 3.05) is 0 Å². The van der Waals surface area contributed by atoms with Gasteiger partial charge in [-0.25, -0.2) is 4.98 Å². The van der Waals surface area contributed by atoms with Gasteiger partial charge in [-0.15, -0.1) is 11.3 Å². The van der Waals surface area contributed by atoms with Gasteiger partial charge in [-0.2, -0.15) is 0 Å². The number of hydrogen-bond donors (Lipinski definition) is 1. The van der Waals surface area contributed by atoms with Gasteiger partial charge in [-0.3, -0.25) is 14.5 Å². The van der Waals surface area contributed by atoms with Crippen molar-refractivity contribution in [2.24, 2.45) is 0 Å². The SMILES string of the molecule is C=C/C=C(\C(=C)[N+](=O)[O-])c1csc2nc(CO)cn12. The summed E-state index contributed by atoms with van der Waals surface area (Å²) in [4.78, 5) is 15.2. The molecule has 6 nitrogen and oxygen atoms in total. The highest BCUT2D eigenvalue weighted by atomic mass is 32.1. The first-order chi connectivity index (χ1) is 9.08. The van der Waals surface area contributed by atoms with Gasteiger partial charge < -0.3 is 5.11 Å². The molecule has 0 fully saturated rings. The Kier molecular flexibility index (Phi) is 3.59. The maximum atomic E-state index is 10.9. The van der Waals surface area contributed by atoms with E-state index in [1.54, 1.807) is 16.0 Å². The standard InChI is InChI=1S/C12H11N3O3S/c1-3-4-10(8(2)15(17)18)11-7-19-12-13-9(6-16)5-14(11)12/h3-5,7,16H,1-2,6H2/b10-4+. The van der Waals surface area contributed by atoms with Crippen LogP contribution in [0, 0.1) is 10.1 Å². The molecule has 2 aromatic rings. The van der Waals surface area contributed by atoms with Gasteiger partial charge in [0.25, 0.3) is 5.70 Å². The van der Waals surface area contributed by atoms with Gasteiger partial charge in [0.05, 0.1) is 28.5 Å². The molecule has 0 aliphatic heterocycles. The normalized spacial score (nSPS) is 11.7. The molecular weight excluding hydrogens is 266 g/mol. The maximum Gasteiger partial charge on any atom is 0.271 e. The monoisotopic (exact) mass is 277 g/mol. The van der Waals surface area contributed by atoms with E-state index in [9.17, 15) is 10.1 Å². The fourth-order valence-electron chi connectivity index (χ4n) is 1.65. The topological polar surface area (TPSA) is 80.7 Å². The molecule has 0 aliphatic rings. The number of rotatable bonds is 5. The summed E-state index contributed by atoms with van der Waals surface area (Å²) in [5.41, 5.74) is 1.28. The number of thiazole rings is 1. The van der Waals surface area contributed by atoms with E-state index < -0.39 is 4.92 Å². The molecule has 1 N–H and O–H groups in total. The van der Waals surface area contributed by atoms with Gasteiger partial charge in [-0.1, -0.05) is 12.7 Å². The molecule has 2 rings (SSSR count). The molecule has 0 radical (unpaired) electrons. The molecule has 0 aromatic carbocycles. The number of nitrogens with zero attached hydrogens (tertiary/aromatic N) is 3.